The number of hydrogen-bond acceptors (Lipinski definition) is 9. The highest BCUT2D eigenvalue weighted by Crippen LogP contribution is 2.30. The number of carbonyl (C=O) groups is 1. The van der Waals surface area contributed by atoms with Crippen LogP contribution >= 0.6 is 0 Å². The Morgan fingerprint density at radius 3 is 2.76 bits per heavy atom. The zero-order valence-electron chi connectivity index (χ0n) is 21.1. The second-order valence-electron chi connectivity index (χ2n) is 9.98. The first-order chi connectivity index (χ1) is 18.7. The van der Waals surface area contributed by atoms with E-state index >= 15 is 0 Å². The van der Waals surface area contributed by atoms with Gasteiger partial charge in [0, 0.05) is 55.9 Å². The number of ether oxygens (including phenoxy) is 1. The summed E-state index contributed by atoms with van der Waals surface area (Å²) in [6.45, 7) is 4.46. The Hall–Kier alpha value is -4.23. The predicted molar refractivity (Wildman–Crippen MR) is 144 cm³/mol. The van der Waals surface area contributed by atoms with E-state index in [2.05, 4.69) is 41.5 Å². The lowest BCUT2D eigenvalue weighted by molar-refractivity contribution is -0.124. The molecule has 6 rings (SSSR count). The normalized spacial score (nSPS) is 21.3. The Morgan fingerprint density at radius 2 is 1.95 bits per heavy atom. The molecule has 2 unspecified atom stereocenters. The van der Waals surface area contributed by atoms with Crippen LogP contribution in [0.2, 0.25) is 0 Å². The third-order valence-corrected chi connectivity index (χ3v) is 7.45. The first-order valence-electron chi connectivity index (χ1n) is 13.1. The van der Waals surface area contributed by atoms with Gasteiger partial charge in [-0.05, 0) is 49.2 Å². The predicted octanol–water partition coefficient (Wildman–Crippen LogP) is 3.10. The SMILES string of the molecule is N#Cc1cc(Nc2nccc(-c3ccc(N4CCOCC4)nc3)n2)ccc1N1CC2CCCC(C1)C(=O)N2. The summed E-state index contributed by atoms with van der Waals surface area (Å²) in [6.07, 6.45) is 6.46. The van der Waals surface area contributed by atoms with Crippen molar-refractivity contribution in [1.29, 1.82) is 5.26 Å². The fourth-order valence-corrected chi connectivity index (χ4v) is 5.45. The number of aromatic nitrogens is 3. The largest absolute Gasteiger partial charge is 0.378 e. The van der Waals surface area contributed by atoms with Gasteiger partial charge in [-0.3, -0.25) is 4.79 Å². The Morgan fingerprint density at radius 1 is 1.05 bits per heavy atom. The van der Waals surface area contributed by atoms with Crippen molar-refractivity contribution in [2.45, 2.75) is 25.3 Å². The number of pyridine rings is 1. The van der Waals surface area contributed by atoms with E-state index in [-0.39, 0.29) is 17.9 Å². The number of rotatable bonds is 5. The summed E-state index contributed by atoms with van der Waals surface area (Å²) in [5, 5.41) is 16.3. The molecular formula is C28H30N8O2. The number of nitriles is 1. The Kier molecular flexibility index (Phi) is 6.75. The van der Waals surface area contributed by atoms with E-state index in [0.29, 0.717) is 24.6 Å². The first kappa shape index (κ1) is 24.1. The van der Waals surface area contributed by atoms with E-state index < -0.39 is 0 Å². The van der Waals surface area contributed by atoms with Crippen LogP contribution in [0.4, 0.5) is 23.1 Å². The number of carbonyl (C=O) groups excluding carboxylic acids is 1. The molecule has 0 radical (unpaired) electrons. The number of nitrogens with zero attached hydrogens (tertiary/aromatic N) is 6. The summed E-state index contributed by atoms with van der Waals surface area (Å²) in [5.74, 6) is 1.47. The van der Waals surface area contributed by atoms with Gasteiger partial charge in [-0.25, -0.2) is 15.0 Å². The van der Waals surface area contributed by atoms with Gasteiger partial charge in [-0.1, -0.05) is 6.42 Å². The van der Waals surface area contributed by atoms with Crippen LogP contribution in [0, 0.1) is 17.2 Å². The molecule has 10 heteroatoms. The monoisotopic (exact) mass is 510 g/mol. The summed E-state index contributed by atoms with van der Waals surface area (Å²) < 4.78 is 5.42. The third kappa shape index (κ3) is 5.10. The van der Waals surface area contributed by atoms with Crippen molar-refractivity contribution in [2.75, 3.05) is 54.5 Å². The van der Waals surface area contributed by atoms with Crippen LogP contribution in [-0.2, 0) is 9.53 Å². The van der Waals surface area contributed by atoms with Crippen LogP contribution in [-0.4, -0.2) is 66.3 Å². The number of fused-ring (bicyclic) bond motifs is 3. The average molecular weight is 511 g/mol. The van der Waals surface area contributed by atoms with E-state index in [4.69, 9.17) is 4.74 Å². The topological polar surface area (TPSA) is 119 Å². The summed E-state index contributed by atoms with van der Waals surface area (Å²) >= 11 is 0. The lowest BCUT2D eigenvalue weighted by Crippen LogP contribution is -2.39. The fourth-order valence-electron chi connectivity index (χ4n) is 5.45. The molecule has 194 valence electrons. The van der Waals surface area contributed by atoms with Gasteiger partial charge >= 0.3 is 0 Å². The number of amides is 1. The lowest BCUT2D eigenvalue weighted by atomic mass is 9.98. The van der Waals surface area contributed by atoms with Gasteiger partial charge in [0.1, 0.15) is 11.9 Å². The number of anilines is 4. The highest BCUT2D eigenvalue weighted by Gasteiger charge is 2.33. The maximum Gasteiger partial charge on any atom is 0.227 e. The number of hydrogen-bond donors (Lipinski definition) is 2. The van der Waals surface area contributed by atoms with Crippen molar-refractivity contribution in [2.24, 2.45) is 5.92 Å². The number of benzene rings is 1. The van der Waals surface area contributed by atoms with E-state index in [1.807, 2.05) is 42.6 Å². The Labute approximate surface area is 221 Å². The second kappa shape index (κ2) is 10.6. The molecule has 5 heterocycles. The molecule has 2 N–H and O–H groups in total. The minimum absolute atomic E-state index is 0.0413. The maximum atomic E-state index is 12.5. The average Bonchev–Trinajstić information content (AvgIpc) is 3.22. The molecule has 1 aromatic carbocycles. The van der Waals surface area contributed by atoms with E-state index in [1.54, 1.807) is 6.20 Å². The summed E-state index contributed by atoms with van der Waals surface area (Å²) in [6, 6.07) is 14.0. The van der Waals surface area contributed by atoms with Gasteiger partial charge in [0.2, 0.25) is 11.9 Å². The van der Waals surface area contributed by atoms with Crippen LogP contribution in [0.1, 0.15) is 24.8 Å². The highest BCUT2D eigenvalue weighted by atomic mass is 16.5. The van der Waals surface area contributed by atoms with Crippen LogP contribution < -0.4 is 20.4 Å². The standard InChI is InChI=1S/C28H30N8O2/c29-15-21-14-22(5-6-25(21)36-17-20-2-1-3-23(18-36)32-27(20)37)33-28-30-9-8-24(34-28)19-4-7-26(31-16-19)35-10-12-38-13-11-35/h4-9,14,16,20,23H,1-3,10-13,17-18H2,(H,32,37)(H,30,33,34). The molecule has 3 aliphatic heterocycles. The van der Waals surface area contributed by atoms with Crippen molar-refractivity contribution >= 4 is 29.0 Å². The van der Waals surface area contributed by atoms with Gasteiger partial charge in [0.15, 0.2) is 0 Å². The maximum absolute atomic E-state index is 12.5. The van der Waals surface area contributed by atoms with Crippen LogP contribution in [0.3, 0.4) is 0 Å². The van der Waals surface area contributed by atoms with Crippen molar-refractivity contribution in [3.63, 3.8) is 0 Å². The first-order valence-corrected chi connectivity index (χ1v) is 13.1. The minimum Gasteiger partial charge on any atom is -0.378 e. The quantitative estimate of drug-likeness (QED) is 0.534. The fraction of sp³-hybridized carbons (Fsp3) is 0.393. The molecule has 38 heavy (non-hydrogen) atoms. The van der Waals surface area contributed by atoms with Crippen molar-refractivity contribution in [1.82, 2.24) is 20.3 Å². The molecule has 3 fully saturated rings. The summed E-state index contributed by atoms with van der Waals surface area (Å²) in [7, 11) is 0. The molecule has 0 spiro atoms. The molecular weight excluding hydrogens is 480 g/mol. The van der Waals surface area contributed by atoms with Gasteiger partial charge in [-0.2, -0.15) is 5.26 Å². The minimum atomic E-state index is -0.0413. The molecule has 2 aromatic heterocycles. The van der Waals surface area contributed by atoms with E-state index in [9.17, 15) is 10.1 Å². The summed E-state index contributed by atoms with van der Waals surface area (Å²) in [5.41, 5.74) is 3.80. The van der Waals surface area contributed by atoms with Gasteiger partial charge in [0.05, 0.1) is 36.1 Å². The van der Waals surface area contributed by atoms with Crippen molar-refractivity contribution in [3.8, 4) is 17.3 Å². The molecule has 0 aliphatic carbocycles. The molecule has 2 bridgehead atoms. The molecule has 3 aromatic rings. The molecule has 3 aliphatic rings. The third-order valence-electron chi connectivity index (χ3n) is 7.45. The van der Waals surface area contributed by atoms with Gasteiger partial charge < -0.3 is 25.2 Å². The van der Waals surface area contributed by atoms with Gasteiger partial charge in [0.25, 0.3) is 0 Å². The lowest BCUT2D eigenvalue weighted by Gasteiger charge is -2.30. The molecule has 1 amide bonds. The molecule has 2 atom stereocenters. The zero-order chi connectivity index (χ0) is 25.9. The number of nitrogens with one attached hydrogen (secondary N) is 2. The highest BCUT2D eigenvalue weighted by molar-refractivity contribution is 5.81. The second-order valence-corrected chi connectivity index (χ2v) is 9.98. The van der Waals surface area contributed by atoms with Crippen LogP contribution in [0.5, 0.6) is 0 Å². The Bertz CT molecular complexity index is 1350. The zero-order valence-corrected chi connectivity index (χ0v) is 21.1. The Balaban J connectivity index is 1.18. The number of morpholine rings is 1. The van der Waals surface area contributed by atoms with Crippen LogP contribution in [0.25, 0.3) is 11.3 Å². The molecule has 3 saturated heterocycles. The van der Waals surface area contributed by atoms with E-state index in [0.717, 1.165) is 74.0 Å². The molecule has 0 saturated carbocycles. The smallest absolute Gasteiger partial charge is 0.227 e. The van der Waals surface area contributed by atoms with Crippen LogP contribution in [0.15, 0.2) is 48.8 Å². The molecule has 10 nitrogen and oxygen atoms in total. The van der Waals surface area contributed by atoms with Crippen molar-refractivity contribution < 1.29 is 9.53 Å². The van der Waals surface area contributed by atoms with Crippen molar-refractivity contribution in [3.05, 3.63) is 54.4 Å². The van der Waals surface area contributed by atoms with Gasteiger partial charge in [-0.15, -0.1) is 0 Å². The summed E-state index contributed by atoms with van der Waals surface area (Å²) in [4.78, 5) is 30.5. The van der Waals surface area contributed by atoms with E-state index in [1.165, 1.54) is 0 Å².